The Hall–Kier alpha value is -3.81. The Bertz CT molecular complexity index is 1130. The molecule has 0 saturated heterocycles. The topological polar surface area (TPSA) is 87.8 Å². The molecule has 0 unspecified atom stereocenters. The average molecular weight is 388 g/mol. The van der Waals surface area contributed by atoms with E-state index >= 15 is 0 Å². The molecular formula is C21H20N6O2. The minimum atomic E-state index is 0.234. The van der Waals surface area contributed by atoms with Crippen molar-refractivity contribution in [2.75, 3.05) is 14.2 Å². The SMILES string of the molecule is COc1ncc(-c2cc(-c3ccn(Cc4ccccn4)c3)c(C)nn2)c(OC)n1. The van der Waals surface area contributed by atoms with E-state index in [2.05, 4.69) is 42.0 Å². The van der Waals surface area contributed by atoms with Crippen LogP contribution in [-0.2, 0) is 6.54 Å². The summed E-state index contributed by atoms with van der Waals surface area (Å²) in [5, 5.41) is 8.63. The quantitative estimate of drug-likeness (QED) is 0.501. The Morgan fingerprint density at radius 3 is 2.66 bits per heavy atom. The van der Waals surface area contributed by atoms with Gasteiger partial charge in [-0.2, -0.15) is 10.1 Å². The van der Waals surface area contributed by atoms with Crippen molar-refractivity contribution in [3.8, 4) is 34.3 Å². The predicted molar refractivity (Wildman–Crippen MR) is 108 cm³/mol. The zero-order valence-corrected chi connectivity index (χ0v) is 16.4. The molecule has 8 heteroatoms. The number of methoxy groups -OCH3 is 2. The first-order valence-corrected chi connectivity index (χ1v) is 9.03. The van der Waals surface area contributed by atoms with Crippen molar-refractivity contribution in [3.05, 3.63) is 66.5 Å². The molecule has 0 aliphatic rings. The van der Waals surface area contributed by atoms with Gasteiger partial charge in [-0.1, -0.05) is 6.07 Å². The highest BCUT2D eigenvalue weighted by Crippen LogP contribution is 2.31. The third-order valence-electron chi connectivity index (χ3n) is 4.49. The van der Waals surface area contributed by atoms with E-state index in [0.29, 0.717) is 23.7 Å². The van der Waals surface area contributed by atoms with E-state index < -0.39 is 0 Å². The molecule has 4 aromatic rings. The van der Waals surface area contributed by atoms with Crippen LogP contribution in [0.25, 0.3) is 22.4 Å². The van der Waals surface area contributed by atoms with Crippen LogP contribution in [0.1, 0.15) is 11.4 Å². The fourth-order valence-electron chi connectivity index (χ4n) is 3.03. The van der Waals surface area contributed by atoms with Crippen LogP contribution in [0.15, 0.2) is 55.1 Å². The third-order valence-corrected chi connectivity index (χ3v) is 4.49. The van der Waals surface area contributed by atoms with Gasteiger partial charge in [-0.05, 0) is 31.2 Å². The molecule has 0 N–H and O–H groups in total. The monoisotopic (exact) mass is 388 g/mol. The summed E-state index contributed by atoms with van der Waals surface area (Å²) in [5.74, 6) is 0.383. The summed E-state index contributed by atoms with van der Waals surface area (Å²) in [5.41, 5.74) is 5.13. The standard InChI is InChI=1S/C21H20N6O2/c1-14-17(15-7-9-27(12-15)13-16-6-4-5-8-22-16)10-19(26-25-14)18-11-23-21(29-3)24-20(18)28-2/h4-12H,13H2,1-3H3. The van der Waals surface area contributed by atoms with Gasteiger partial charge in [-0.3, -0.25) is 4.98 Å². The second kappa shape index (κ2) is 8.05. The zero-order valence-electron chi connectivity index (χ0n) is 16.4. The Labute approximate surface area is 168 Å². The van der Waals surface area contributed by atoms with Crippen LogP contribution in [0.4, 0.5) is 0 Å². The lowest BCUT2D eigenvalue weighted by atomic mass is 10.1. The van der Waals surface area contributed by atoms with E-state index in [-0.39, 0.29) is 6.01 Å². The van der Waals surface area contributed by atoms with Gasteiger partial charge in [-0.15, -0.1) is 5.10 Å². The Morgan fingerprint density at radius 2 is 1.90 bits per heavy atom. The molecule has 4 aromatic heterocycles. The minimum Gasteiger partial charge on any atom is -0.480 e. The fourth-order valence-corrected chi connectivity index (χ4v) is 3.03. The molecule has 0 bridgehead atoms. The van der Waals surface area contributed by atoms with Crippen molar-refractivity contribution in [3.63, 3.8) is 0 Å². The average Bonchev–Trinajstić information content (AvgIpc) is 3.22. The smallest absolute Gasteiger partial charge is 0.319 e. The molecule has 0 atom stereocenters. The van der Waals surface area contributed by atoms with Gasteiger partial charge in [0.2, 0.25) is 5.88 Å². The second-order valence-corrected chi connectivity index (χ2v) is 6.40. The van der Waals surface area contributed by atoms with Crippen molar-refractivity contribution < 1.29 is 9.47 Å². The number of ether oxygens (including phenoxy) is 2. The van der Waals surface area contributed by atoms with Crippen LogP contribution < -0.4 is 9.47 Å². The normalized spacial score (nSPS) is 10.7. The first-order chi connectivity index (χ1) is 14.2. The minimum absolute atomic E-state index is 0.234. The maximum Gasteiger partial charge on any atom is 0.319 e. The van der Waals surface area contributed by atoms with Crippen LogP contribution >= 0.6 is 0 Å². The van der Waals surface area contributed by atoms with Gasteiger partial charge < -0.3 is 14.0 Å². The zero-order chi connectivity index (χ0) is 20.2. The van der Waals surface area contributed by atoms with Crippen molar-refractivity contribution >= 4 is 0 Å². The summed E-state index contributed by atoms with van der Waals surface area (Å²) in [6.45, 7) is 2.63. The van der Waals surface area contributed by atoms with E-state index in [9.17, 15) is 0 Å². The van der Waals surface area contributed by atoms with Gasteiger partial charge in [0, 0.05) is 35.9 Å². The van der Waals surface area contributed by atoms with Gasteiger partial charge >= 0.3 is 6.01 Å². The largest absolute Gasteiger partial charge is 0.480 e. The van der Waals surface area contributed by atoms with Crippen LogP contribution in [0.5, 0.6) is 11.9 Å². The van der Waals surface area contributed by atoms with Crippen LogP contribution in [0, 0.1) is 6.92 Å². The summed E-state index contributed by atoms with van der Waals surface area (Å²) in [6, 6.07) is 10.2. The summed E-state index contributed by atoms with van der Waals surface area (Å²) in [6.07, 6.45) is 7.53. The van der Waals surface area contributed by atoms with Gasteiger partial charge in [0.25, 0.3) is 0 Å². The van der Waals surface area contributed by atoms with E-state index in [1.165, 1.54) is 7.11 Å². The number of pyridine rings is 1. The van der Waals surface area contributed by atoms with Crippen LogP contribution in [0.2, 0.25) is 0 Å². The summed E-state index contributed by atoms with van der Waals surface area (Å²) in [7, 11) is 3.05. The van der Waals surface area contributed by atoms with Crippen LogP contribution in [-0.4, -0.2) is 43.9 Å². The first kappa shape index (κ1) is 18.5. The highest BCUT2D eigenvalue weighted by Gasteiger charge is 2.15. The lowest BCUT2D eigenvalue weighted by Gasteiger charge is -2.09. The number of rotatable bonds is 6. The van der Waals surface area contributed by atoms with E-state index in [1.807, 2.05) is 37.4 Å². The number of nitrogens with zero attached hydrogens (tertiary/aromatic N) is 6. The molecule has 0 spiro atoms. The van der Waals surface area contributed by atoms with Crippen molar-refractivity contribution in [2.45, 2.75) is 13.5 Å². The molecule has 4 rings (SSSR count). The molecule has 0 saturated carbocycles. The van der Waals surface area contributed by atoms with Crippen molar-refractivity contribution in [1.29, 1.82) is 0 Å². The molecule has 29 heavy (non-hydrogen) atoms. The molecule has 146 valence electrons. The van der Waals surface area contributed by atoms with E-state index in [4.69, 9.17) is 9.47 Å². The first-order valence-electron chi connectivity index (χ1n) is 9.03. The Balaban J connectivity index is 1.68. The van der Waals surface area contributed by atoms with E-state index in [0.717, 1.165) is 22.5 Å². The number of aryl methyl sites for hydroxylation is 1. The lowest BCUT2D eigenvalue weighted by molar-refractivity contribution is 0.353. The maximum absolute atomic E-state index is 5.38. The van der Waals surface area contributed by atoms with Gasteiger partial charge in [-0.25, -0.2) is 4.98 Å². The molecule has 0 aromatic carbocycles. The fraction of sp³-hybridized carbons (Fsp3) is 0.190. The third kappa shape index (κ3) is 3.91. The van der Waals surface area contributed by atoms with Gasteiger partial charge in [0.15, 0.2) is 0 Å². The number of hydrogen-bond donors (Lipinski definition) is 0. The molecule has 0 radical (unpaired) electrons. The summed E-state index contributed by atoms with van der Waals surface area (Å²) >= 11 is 0. The molecular weight excluding hydrogens is 368 g/mol. The van der Waals surface area contributed by atoms with Gasteiger partial charge in [0.05, 0.1) is 37.7 Å². The van der Waals surface area contributed by atoms with Crippen molar-refractivity contribution in [2.24, 2.45) is 0 Å². The van der Waals surface area contributed by atoms with E-state index in [1.54, 1.807) is 19.5 Å². The molecule has 8 nitrogen and oxygen atoms in total. The van der Waals surface area contributed by atoms with Crippen LogP contribution in [0.3, 0.4) is 0 Å². The lowest BCUT2D eigenvalue weighted by Crippen LogP contribution is -2.00. The number of aromatic nitrogens is 6. The highest BCUT2D eigenvalue weighted by atomic mass is 16.5. The summed E-state index contributed by atoms with van der Waals surface area (Å²) < 4.78 is 12.5. The molecule has 0 fully saturated rings. The molecule has 0 aliphatic carbocycles. The van der Waals surface area contributed by atoms with Gasteiger partial charge in [0.1, 0.15) is 5.69 Å². The Morgan fingerprint density at radius 1 is 1.00 bits per heavy atom. The second-order valence-electron chi connectivity index (χ2n) is 6.40. The molecule has 4 heterocycles. The highest BCUT2D eigenvalue weighted by molar-refractivity contribution is 5.73. The molecule has 0 aliphatic heterocycles. The predicted octanol–water partition coefficient (Wildman–Crippen LogP) is 3.17. The maximum atomic E-state index is 5.38. The van der Waals surface area contributed by atoms with Crippen molar-refractivity contribution in [1.82, 2.24) is 29.7 Å². The molecule has 0 amide bonds. The number of hydrogen-bond acceptors (Lipinski definition) is 7. The summed E-state index contributed by atoms with van der Waals surface area (Å²) in [4.78, 5) is 12.8. The Kier molecular flexibility index (Phi) is 5.15.